The van der Waals surface area contributed by atoms with Crippen LogP contribution in [0, 0.1) is 0 Å². The van der Waals surface area contributed by atoms with Crippen LogP contribution in [0.4, 0.5) is 10.9 Å². The van der Waals surface area contributed by atoms with Gasteiger partial charge < -0.3 is 15.8 Å². The highest BCUT2D eigenvalue weighted by Crippen LogP contribution is 2.26. The summed E-state index contributed by atoms with van der Waals surface area (Å²) in [5.41, 5.74) is 8.25. The number of rotatable bonds is 7. The fraction of sp³-hybridized carbons (Fsp3) is 0.0952. The van der Waals surface area contributed by atoms with E-state index in [1.807, 2.05) is 60.0 Å². The average molecular weight is 424 g/mol. The highest BCUT2D eigenvalue weighted by molar-refractivity contribution is 7.13. The molecule has 29 heavy (non-hydrogen) atoms. The van der Waals surface area contributed by atoms with Gasteiger partial charge in [-0.1, -0.05) is 41.9 Å². The number of thiazole rings is 1. The number of para-hydroxylation sites is 1. The van der Waals surface area contributed by atoms with E-state index < -0.39 is 0 Å². The van der Waals surface area contributed by atoms with Gasteiger partial charge in [-0.3, -0.25) is 0 Å². The van der Waals surface area contributed by atoms with Crippen LogP contribution in [0.15, 0.2) is 72.4 Å². The van der Waals surface area contributed by atoms with Crippen molar-refractivity contribution < 1.29 is 4.74 Å². The first-order valence-corrected chi connectivity index (χ1v) is 10.2. The Morgan fingerprint density at radius 3 is 2.66 bits per heavy atom. The highest BCUT2D eigenvalue weighted by Gasteiger charge is 2.12. The standard InChI is InChI=1S/C21H18ClN5OS/c22-15-8-6-14(7-9-15)10-17(23)18-12-29-21(26-18)27-19-11-20(25-13-24-19)28-16-4-2-1-3-5-16/h1-9,11-13,17H,10,23H2,(H,24,25,26,27). The van der Waals surface area contributed by atoms with Crippen LogP contribution in [-0.2, 0) is 6.42 Å². The van der Waals surface area contributed by atoms with Gasteiger partial charge in [0.2, 0.25) is 5.88 Å². The first kappa shape index (κ1) is 19.3. The molecule has 146 valence electrons. The van der Waals surface area contributed by atoms with E-state index in [0.717, 1.165) is 11.3 Å². The van der Waals surface area contributed by atoms with Crippen LogP contribution >= 0.6 is 22.9 Å². The van der Waals surface area contributed by atoms with Gasteiger partial charge in [-0.05, 0) is 36.2 Å². The number of hydrogen-bond acceptors (Lipinski definition) is 7. The molecule has 0 spiro atoms. The molecular weight excluding hydrogens is 406 g/mol. The first-order chi connectivity index (χ1) is 14.2. The molecule has 4 rings (SSSR count). The number of anilines is 2. The molecule has 2 heterocycles. The summed E-state index contributed by atoms with van der Waals surface area (Å²) in [6.07, 6.45) is 2.13. The third-order valence-corrected chi connectivity index (χ3v) is 5.14. The van der Waals surface area contributed by atoms with Crippen molar-refractivity contribution in [3.05, 3.63) is 88.7 Å². The van der Waals surface area contributed by atoms with E-state index in [2.05, 4.69) is 20.3 Å². The van der Waals surface area contributed by atoms with Gasteiger partial charge in [-0.15, -0.1) is 11.3 Å². The number of halogens is 1. The van der Waals surface area contributed by atoms with Crippen LogP contribution in [0.5, 0.6) is 11.6 Å². The Kier molecular flexibility index (Phi) is 6.00. The molecule has 0 aliphatic carbocycles. The largest absolute Gasteiger partial charge is 0.439 e. The fourth-order valence-corrected chi connectivity index (χ4v) is 3.58. The number of benzene rings is 2. The molecule has 0 amide bonds. The van der Waals surface area contributed by atoms with Crippen LogP contribution in [-0.4, -0.2) is 15.0 Å². The number of nitrogens with zero attached hydrogens (tertiary/aromatic N) is 3. The van der Waals surface area contributed by atoms with Gasteiger partial charge in [0.25, 0.3) is 0 Å². The summed E-state index contributed by atoms with van der Waals surface area (Å²) in [5, 5.41) is 6.55. The van der Waals surface area contributed by atoms with E-state index in [1.54, 1.807) is 6.07 Å². The van der Waals surface area contributed by atoms with E-state index in [4.69, 9.17) is 22.1 Å². The smallest absolute Gasteiger partial charge is 0.224 e. The normalized spacial score (nSPS) is 11.8. The molecule has 1 unspecified atom stereocenters. The van der Waals surface area contributed by atoms with Gasteiger partial charge in [-0.25, -0.2) is 15.0 Å². The minimum absolute atomic E-state index is 0.203. The molecular formula is C21H18ClN5OS. The molecule has 0 saturated heterocycles. The van der Waals surface area contributed by atoms with Crippen molar-refractivity contribution in [2.75, 3.05) is 5.32 Å². The van der Waals surface area contributed by atoms with Crippen molar-refractivity contribution in [2.45, 2.75) is 12.5 Å². The Balaban J connectivity index is 1.41. The second kappa shape index (κ2) is 9.00. The first-order valence-electron chi connectivity index (χ1n) is 8.93. The Morgan fingerprint density at radius 1 is 1.07 bits per heavy atom. The molecule has 4 aromatic rings. The second-order valence-electron chi connectivity index (χ2n) is 6.30. The van der Waals surface area contributed by atoms with E-state index in [9.17, 15) is 0 Å². The van der Waals surface area contributed by atoms with Gasteiger partial charge in [-0.2, -0.15) is 0 Å². The Morgan fingerprint density at radius 2 is 1.86 bits per heavy atom. The van der Waals surface area contributed by atoms with Crippen LogP contribution in [0.3, 0.4) is 0 Å². The van der Waals surface area contributed by atoms with Crippen molar-refractivity contribution >= 4 is 33.9 Å². The van der Waals surface area contributed by atoms with Crippen LogP contribution in [0.25, 0.3) is 0 Å². The van der Waals surface area contributed by atoms with Crippen molar-refractivity contribution in [3.63, 3.8) is 0 Å². The third kappa shape index (κ3) is 5.29. The molecule has 0 aliphatic heterocycles. The predicted molar refractivity (Wildman–Crippen MR) is 116 cm³/mol. The molecule has 2 aromatic heterocycles. The lowest BCUT2D eigenvalue weighted by molar-refractivity contribution is 0.462. The molecule has 3 N–H and O–H groups in total. The summed E-state index contributed by atoms with van der Waals surface area (Å²) < 4.78 is 5.74. The monoisotopic (exact) mass is 423 g/mol. The van der Waals surface area contributed by atoms with Crippen LogP contribution < -0.4 is 15.8 Å². The summed E-state index contributed by atoms with van der Waals surface area (Å²) in [6, 6.07) is 18.7. The molecule has 2 aromatic carbocycles. The SMILES string of the molecule is NC(Cc1ccc(Cl)cc1)c1csc(Nc2cc(Oc3ccccc3)ncn2)n1. The summed E-state index contributed by atoms with van der Waals surface area (Å²) in [6.45, 7) is 0. The third-order valence-electron chi connectivity index (χ3n) is 4.11. The zero-order valence-electron chi connectivity index (χ0n) is 15.3. The molecule has 0 fully saturated rings. The van der Waals surface area contributed by atoms with Gasteiger partial charge in [0.1, 0.15) is 17.9 Å². The van der Waals surface area contributed by atoms with Crippen molar-refractivity contribution in [1.29, 1.82) is 0 Å². The molecule has 0 saturated carbocycles. The number of aromatic nitrogens is 3. The number of nitrogens with two attached hydrogens (primary N) is 1. The van der Waals surface area contributed by atoms with Gasteiger partial charge in [0.05, 0.1) is 11.7 Å². The lowest BCUT2D eigenvalue weighted by atomic mass is 10.1. The van der Waals surface area contributed by atoms with E-state index >= 15 is 0 Å². The lowest BCUT2D eigenvalue weighted by Gasteiger charge is -2.09. The quantitative estimate of drug-likeness (QED) is 0.416. The maximum atomic E-state index is 6.32. The van der Waals surface area contributed by atoms with E-state index in [0.29, 0.717) is 34.0 Å². The highest BCUT2D eigenvalue weighted by atomic mass is 35.5. The summed E-state index contributed by atoms with van der Waals surface area (Å²) in [4.78, 5) is 13.0. The van der Waals surface area contributed by atoms with Gasteiger partial charge in [0.15, 0.2) is 5.13 Å². The van der Waals surface area contributed by atoms with E-state index in [-0.39, 0.29) is 6.04 Å². The second-order valence-corrected chi connectivity index (χ2v) is 7.59. The number of ether oxygens (including phenoxy) is 1. The Labute approximate surface area is 177 Å². The maximum Gasteiger partial charge on any atom is 0.224 e. The topological polar surface area (TPSA) is 86.0 Å². The minimum atomic E-state index is -0.203. The average Bonchev–Trinajstić information content (AvgIpc) is 3.19. The minimum Gasteiger partial charge on any atom is -0.439 e. The molecule has 0 radical (unpaired) electrons. The summed E-state index contributed by atoms with van der Waals surface area (Å²) >= 11 is 7.40. The number of hydrogen-bond donors (Lipinski definition) is 2. The molecule has 0 bridgehead atoms. The zero-order valence-corrected chi connectivity index (χ0v) is 16.9. The maximum absolute atomic E-state index is 6.32. The molecule has 8 heteroatoms. The van der Waals surface area contributed by atoms with Crippen molar-refractivity contribution in [1.82, 2.24) is 15.0 Å². The summed E-state index contributed by atoms with van der Waals surface area (Å²) in [5.74, 6) is 1.75. The Hall–Kier alpha value is -3.00. The van der Waals surface area contributed by atoms with Gasteiger partial charge >= 0.3 is 0 Å². The van der Waals surface area contributed by atoms with Crippen LogP contribution in [0.2, 0.25) is 5.02 Å². The Bertz CT molecular complexity index is 1070. The predicted octanol–water partition coefficient (Wildman–Crippen LogP) is 5.36. The molecule has 1 atom stereocenters. The van der Waals surface area contributed by atoms with Crippen molar-refractivity contribution in [3.8, 4) is 11.6 Å². The van der Waals surface area contributed by atoms with Crippen LogP contribution in [0.1, 0.15) is 17.3 Å². The lowest BCUT2D eigenvalue weighted by Crippen LogP contribution is -2.13. The molecule has 0 aliphatic rings. The fourth-order valence-electron chi connectivity index (χ4n) is 2.68. The van der Waals surface area contributed by atoms with Gasteiger partial charge in [0, 0.05) is 16.5 Å². The zero-order chi connectivity index (χ0) is 20.1. The summed E-state index contributed by atoms with van der Waals surface area (Å²) in [7, 11) is 0. The number of nitrogens with one attached hydrogen (secondary N) is 1. The molecule has 6 nitrogen and oxygen atoms in total. The van der Waals surface area contributed by atoms with Crippen molar-refractivity contribution in [2.24, 2.45) is 5.73 Å². The van der Waals surface area contributed by atoms with E-state index in [1.165, 1.54) is 17.7 Å².